The average Bonchev–Trinajstić information content (AvgIpc) is 2.72. The highest BCUT2D eigenvalue weighted by atomic mass is 19.1. The van der Waals surface area contributed by atoms with Crippen LogP contribution in [0, 0.1) is 11.9 Å². The van der Waals surface area contributed by atoms with Crippen LogP contribution in [0.2, 0.25) is 0 Å². The molecule has 77 valence electrons. The van der Waals surface area contributed by atoms with E-state index in [1.54, 1.807) is 12.1 Å². The molecule has 0 fully saturated rings. The highest BCUT2D eigenvalue weighted by Crippen LogP contribution is 2.28. The minimum Gasteiger partial charge on any atom is -0.361 e. The molecule has 0 aliphatic heterocycles. The van der Waals surface area contributed by atoms with Crippen LogP contribution in [0.15, 0.2) is 48.7 Å². The average molecular weight is 210 g/mol. The number of fused-ring (bicyclic) bond motifs is 1. The van der Waals surface area contributed by atoms with Gasteiger partial charge in [-0.1, -0.05) is 24.3 Å². The summed E-state index contributed by atoms with van der Waals surface area (Å²) in [4.78, 5) is 3.15. The Hall–Kier alpha value is -2.09. The van der Waals surface area contributed by atoms with Crippen molar-refractivity contribution in [2.75, 3.05) is 0 Å². The molecule has 1 aromatic heterocycles. The largest absolute Gasteiger partial charge is 0.361 e. The van der Waals surface area contributed by atoms with Crippen molar-refractivity contribution in [2.24, 2.45) is 0 Å². The van der Waals surface area contributed by atoms with Gasteiger partial charge in [0.15, 0.2) is 0 Å². The van der Waals surface area contributed by atoms with Gasteiger partial charge in [0.05, 0.1) is 0 Å². The third-order valence-electron chi connectivity index (χ3n) is 2.66. The molecule has 3 rings (SSSR count). The van der Waals surface area contributed by atoms with Crippen molar-refractivity contribution in [1.82, 2.24) is 4.98 Å². The Balaban J connectivity index is 2.26. The predicted molar refractivity (Wildman–Crippen MR) is 62.5 cm³/mol. The molecule has 16 heavy (non-hydrogen) atoms. The minimum absolute atomic E-state index is 0.214. The van der Waals surface area contributed by atoms with E-state index in [-0.39, 0.29) is 5.82 Å². The molecule has 0 atom stereocenters. The normalized spacial score (nSPS) is 10.8. The van der Waals surface area contributed by atoms with E-state index in [0.29, 0.717) is 0 Å². The van der Waals surface area contributed by atoms with Crippen LogP contribution < -0.4 is 0 Å². The number of hydrogen-bond acceptors (Lipinski definition) is 0. The van der Waals surface area contributed by atoms with E-state index >= 15 is 0 Å². The number of aromatic amines is 1. The van der Waals surface area contributed by atoms with E-state index in [0.717, 1.165) is 22.0 Å². The summed E-state index contributed by atoms with van der Waals surface area (Å²) in [6, 6.07) is 15.3. The van der Waals surface area contributed by atoms with Gasteiger partial charge in [0.25, 0.3) is 0 Å². The summed E-state index contributed by atoms with van der Waals surface area (Å²) < 4.78 is 13.1. The number of aromatic nitrogens is 1. The van der Waals surface area contributed by atoms with Crippen molar-refractivity contribution in [3.63, 3.8) is 0 Å². The molecule has 0 spiro atoms. The van der Waals surface area contributed by atoms with Crippen LogP contribution >= 0.6 is 0 Å². The molecule has 1 nitrogen and oxygen atoms in total. The van der Waals surface area contributed by atoms with Gasteiger partial charge >= 0.3 is 0 Å². The number of H-pyrrole nitrogens is 1. The first kappa shape index (κ1) is 9.16. The maximum Gasteiger partial charge on any atom is 0.123 e. The van der Waals surface area contributed by atoms with Crippen molar-refractivity contribution in [2.45, 2.75) is 0 Å². The molecule has 0 unspecified atom stereocenters. The van der Waals surface area contributed by atoms with Gasteiger partial charge in [-0.3, -0.25) is 0 Å². The zero-order valence-electron chi connectivity index (χ0n) is 8.50. The zero-order valence-corrected chi connectivity index (χ0v) is 8.50. The van der Waals surface area contributed by atoms with Gasteiger partial charge in [-0.05, 0) is 29.8 Å². The third-order valence-corrected chi connectivity index (χ3v) is 2.66. The maximum atomic E-state index is 13.1. The molecule has 1 radical (unpaired) electrons. The molecule has 0 saturated heterocycles. The van der Waals surface area contributed by atoms with Crippen molar-refractivity contribution < 1.29 is 4.39 Å². The smallest absolute Gasteiger partial charge is 0.123 e. The van der Waals surface area contributed by atoms with E-state index in [2.05, 4.69) is 11.1 Å². The Morgan fingerprint density at radius 1 is 1.19 bits per heavy atom. The summed E-state index contributed by atoms with van der Waals surface area (Å²) >= 11 is 0. The Morgan fingerprint density at radius 3 is 3.00 bits per heavy atom. The van der Waals surface area contributed by atoms with Crippen molar-refractivity contribution in [3.05, 3.63) is 60.5 Å². The predicted octanol–water partition coefficient (Wildman–Crippen LogP) is 3.77. The molecule has 2 aromatic carbocycles. The molecule has 0 aliphatic rings. The molecule has 3 aromatic rings. The fourth-order valence-electron chi connectivity index (χ4n) is 1.91. The van der Waals surface area contributed by atoms with E-state index < -0.39 is 0 Å². The molecule has 0 bridgehead atoms. The second kappa shape index (κ2) is 3.49. The molecule has 1 heterocycles. The van der Waals surface area contributed by atoms with Crippen LogP contribution in [0.1, 0.15) is 0 Å². The second-order valence-corrected chi connectivity index (χ2v) is 3.68. The van der Waals surface area contributed by atoms with Crippen LogP contribution in [0.4, 0.5) is 4.39 Å². The summed E-state index contributed by atoms with van der Waals surface area (Å²) in [5.74, 6) is -0.214. The van der Waals surface area contributed by atoms with E-state index in [9.17, 15) is 4.39 Å². The molecular formula is C14H9FN. The first-order chi connectivity index (χ1) is 7.84. The fraction of sp³-hybridized carbons (Fsp3) is 0. The number of benzene rings is 2. The van der Waals surface area contributed by atoms with E-state index in [1.807, 2.05) is 30.5 Å². The SMILES string of the molecule is Fc1cccc(-c2c[nH]c3c[c]ccc23)c1. The van der Waals surface area contributed by atoms with Gasteiger partial charge in [0.1, 0.15) is 5.82 Å². The Kier molecular flexibility index (Phi) is 2.00. The van der Waals surface area contributed by atoms with Crippen LogP contribution in [-0.4, -0.2) is 4.98 Å². The topological polar surface area (TPSA) is 15.8 Å². The Morgan fingerprint density at radius 2 is 2.12 bits per heavy atom. The van der Waals surface area contributed by atoms with Crippen LogP contribution in [0.3, 0.4) is 0 Å². The van der Waals surface area contributed by atoms with Crippen LogP contribution in [-0.2, 0) is 0 Å². The lowest BCUT2D eigenvalue weighted by Crippen LogP contribution is -1.77. The van der Waals surface area contributed by atoms with Gasteiger partial charge in [-0.2, -0.15) is 0 Å². The molecule has 1 N–H and O–H groups in total. The van der Waals surface area contributed by atoms with Crippen LogP contribution in [0.5, 0.6) is 0 Å². The standard InChI is InChI=1S/C14H9FN/c15-11-5-3-4-10(8-11)13-9-16-14-7-2-1-6-12(13)14/h1,3-9,16H. The summed E-state index contributed by atoms with van der Waals surface area (Å²) in [6.07, 6.45) is 1.90. The Labute approximate surface area is 92.5 Å². The first-order valence-corrected chi connectivity index (χ1v) is 5.08. The maximum absolute atomic E-state index is 13.1. The third kappa shape index (κ3) is 1.39. The van der Waals surface area contributed by atoms with Gasteiger partial charge in [0.2, 0.25) is 0 Å². The van der Waals surface area contributed by atoms with E-state index in [1.165, 1.54) is 6.07 Å². The summed E-state index contributed by atoms with van der Waals surface area (Å²) in [6.45, 7) is 0. The second-order valence-electron chi connectivity index (χ2n) is 3.68. The van der Waals surface area contributed by atoms with Gasteiger partial charge in [-0.25, -0.2) is 4.39 Å². The van der Waals surface area contributed by atoms with Crippen molar-refractivity contribution in [3.8, 4) is 11.1 Å². The highest BCUT2D eigenvalue weighted by Gasteiger charge is 2.05. The minimum atomic E-state index is -0.214. The summed E-state index contributed by atoms with van der Waals surface area (Å²) in [5.41, 5.74) is 2.92. The summed E-state index contributed by atoms with van der Waals surface area (Å²) in [7, 11) is 0. The van der Waals surface area contributed by atoms with E-state index in [4.69, 9.17) is 0 Å². The zero-order chi connectivity index (χ0) is 11.0. The Bertz CT molecular complexity index is 640. The first-order valence-electron chi connectivity index (χ1n) is 5.08. The van der Waals surface area contributed by atoms with Gasteiger partial charge in [-0.15, -0.1) is 0 Å². The molecular weight excluding hydrogens is 201 g/mol. The summed E-state index contributed by atoms with van der Waals surface area (Å²) in [5, 5.41) is 1.09. The highest BCUT2D eigenvalue weighted by molar-refractivity contribution is 5.95. The number of halogens is 1. The number of hydrogen-bond donors (Lipinski definition) is 1. The van der Waals surface area contributed by atoms with Crippen molar-refractivity contribution in [1.29, 1.82) is 0 Å². The quantitative estimate of drug-likeness (QED) is 0.629. The lowest BCUT2D eigenvalue weighted by Gasteiger charge is -1.99. The van der Waals surface area contributed by atoms with Crippen molar-refractivity contribution >= 4 is 10.9 Å². The fourth-order valence-corrected chi connectivity index (χ4v) is 1.91. The molecule has 0 aliphatic carbocycles. The lowest BCUT2D eigenvalue weighted by molar-refractivity contribution is 0.628. The van der Waals surface area contributed by atoms with Crippen LogP contribution in [0.25, 0.3) is 22.0 Å². The number of nitrogens with one attached hydrogen (secondary N) is 1. The molecule has 2 heteroatoms. The lowest BCUT2D eigenvalue weighted by atomic mass is 10.1. The van der Waals surface area contributed by atoms with Gasteiger partial charge < -0.3 is 4.98 Å². The molecule has 0 amide bonds. The number of rotatable bonds is 1. The monoisotopic (exact) mass is 210 g/mol. The molecule has 0 saturated carbocycles. The van der Waals surface area contributed by atoms with Gasteiger partial charge in [0, 0.05) is 22.7 Å².